The topological polar surface area (TPSA) is 71.3 Å². The summed E-state index contributed by atoms with van der Waals surface area (Å²) in [5.74, 6) is 2.36. The Hall–Kier alpha value is -0.850. The van der Waals surface area contributed by atoms with Gasteiger partial charge in [0.05, 0.1) is 12.3 Å². The van der Waals surface area contributed by atoms with Crippen molar-refractivity contribution in [3.8, 4) is 0 Å². The highest BCUT2D eigenvalue weighted by Crippen LogP contribution is 2.25. The van der Waals surface area contributed by atoms with E-state index in [0.29, 0.717) is 25.6 Å². The second-order valence-electron chi connectivity index (χ2n) is 5.15. The molecule has 0 spiro atoms. The van der Waals surface area contributed by atoms with Crippen LogP contribution in [0.5, 0.6) is 0 Å². The van der Waals surface area contributed by atoms with E-state index < -0.39 is 10.0 Å². The lowest BCUT2D eigenvalue weighted by atomic mass is 9.86. The molecule has 108 valence electrons. The molecule has 1 aromatic heterocycles. The van der Waals surface area contributed by atoms with Gasteiger partial charge in [0, 0.05) is 13.1 Å². The Morgan fingerprint density at radius 1 is 1.37 bits per heavy atom. The molecule has 5 nitrogen and oxygen atoms in total. The number of nitrogens with one attached hydrogen (secondary N) is 2. The van der Waals surface area contributed by atoms with Crippen LogP contribution >= 0.6 is 0 Å². The summed E-state index contributed by atoms with van der Waals surface area (Å²) in [5.41, 5.74) is 0. The zero-order valence-electron chi connectivity index (χ0n) is 11.3. The van der Waals surface area contributed by atoms with Crippen molar-refractivity contribution in [2.45, 2.75) is 32.7 Å². The van der Waals surface area contributed by atoms with Crippen LogP contribution in [0.3, 0.4) is 0 Å². The van der Waals surface area contributed by atoms with Crippen molar-refractivity contribution in [1.82, 2.24) is 10.0 Å². The van der Waals surface area contributed by atoms with Crippen molar-refractivity contribution in [3.05, 3.63) is 23.7 Å². The molecule has 0 saturated heterocycles. The molecule has 2 rings (SSSR count). The molecule has 0 aliphatic heterocycles. The van der Waals surface area contributed by atoms with Crippen molar-refractivity contribution in [3.63, 3.8) is 0 Å². The first-order valence-electron chi connectivity index (χ1n) is 6.78. The Labute approximate surface area is 114 Å². The van der Waals surface area contributed by atoms with Crippen LogP contribution in [0.2, 0.25) is 0 Å². The van der Waals surface area contributed by atoms with Gasteiger partial charge in [0.15, 0.2) is 0 Å². The van der Waals surface area contributed by atoms with Crippen LogP contribution < -0.4 is 10.0 Å². The van der Waals surface area contributed by atoms with Gasteiger partial charge >= 0.3 is 0 Å². The van der Waals surface area contributed by atoms with E-state index in [1.54, 1.807) is 0 Å². The largest absolute Gasteiger partial charge is 0.465 e. The number of hydrogen-bond donors (Lipinski definition) is 2. The van der Waals surface area contributed by atoms with E-state index in [1.165, 1.54) is 6.42 Å². The molecule has 0 bridgehead atoms. The fourth-order valence-corrected chi connectivity index (χ4v) is 3.06. The van der Waals surface area contributed by atoms with Crippen molar-refractivity contribution >= 4 is 10.0 Å². The molecule has 0 amide bonds. The van der Waals surface area contributed by atoms with Gasteiger partial charge in [-0.1, -0.05) is 6.42 Å². The highest BCUT2D eigenvalue weighted by atomic mass is 32.2. The summed E-state index contributed by atoms with van der Waals surface area (Å²) in [6.45, 7) is 3.48. The molecular weight excluding hydrogens is 264 g/mol. The number of rotatable bonds is 8. The summed E-state index contributed by atoms with van der Waals surface area (Å²) >= 11 is 0. The molecule has 1 aromatic rings. The number of furan rings is 1. The summed E-state index contributed by atoms with van der Waals surface area (Å²) in [5, 5.41) is 3.07. The predicted octanol–water partition coefficient (Wildman–Crippen LogP) is 1.40. The number of hydrogen-bond acceptors (Lipinski definition) is 4. The third-order valence-electron chi connectivity index (χ3n) is 3.46. The minimum Gasteiger partial charge on any atom is -0.465 e. The second kappa shape index (κ2) is 6.54. The van der Waals surface area contributed by atoms with Crippen LogP contribution in [0.1, 0.15) is 30.8 Å². The number of aryl methyl sites for hydroxylation is 1. The molecule has 0 aromatic carbocycles. The third-order valence-corrected chi connectivity index (χ3v) is 4.81. The van der Waals surface area contributed by atoms with Gasteiger partial charge in [-0.3, -0.25) is 0 Å². The van der Waals surface area contributed by atoms with Crippen LogP contribution in [0.15, 0.2) is 16.5 Å². The van der Waals surface area contributed by atoms with Crippen molar-refractivity contribution in [2.24, 2.45) is 5.92 Å². The van der Waals surface area contributed by atoms with Gasteiger partial charge in [-0.2, -0.15) is 0 Å². The Balaban J connectivity index is 1.60. The Morgan fingerprint density at radius 2 is 2.16 bits per heavy atom. The van der Waals surface area contributed by atoms with E-state index in [9.17, 15) is 8.42 Å². The normalized spacial score (nSPS) is 16.5. The van der Waals surface area contributed by atoms with Gasteiger partial charge in [0.1, 0.15) is 11.5 Å². The highest BCUT2D eigenvalue weighted by molar-refractivity contribution is 7.89. The number of sulfonamides is 1. The van der Waals surface area contributed by atoms with Crippen LogP contribution in [-0.2, 0) is 16.6 Å². The average molecular weight is 286 g/mol. The summed E-state index contributed by atoms with van der Waals surface area (Å²) in [6.07, 6.45) is 3.54. The first-order chi connectivity index (χ1) is 9.05. The summed E-state index contributed by atoms with van der Waals surface area (Å²) in [6, 6.07) is 3.79. The monoisotopic (exact) mass is 286 g/mol. The molecule has 19 heavy (non-hydrogen) atoms. The van der Waals surface area contributed by atoms with Gasteiger partial charge in [-0.15, -0.1) is 0 Å². The van der Waals surface area contributed by atoms with Crippen molar-refractivity contribution in [1.29, 1.82) is 0 Å². The molecule has 1 saturated carbocycles. The Morgan fingerprint density at radius 3 is 2.74 bits per heavy atom. The first kappa shape index (κ1) is 14.6. The highest BCUT2D eigenvalue weighted by Gasteiger charge is 2.19. The second-order valence-corrected chi connectivity index (χ2v) is 7.08. The Bertz CT molecular complexity index is 492. The quantitative estimate of drug-likeness (QED) is 0.709. The van der Waals surface area contributed by atoms with E-state index >= 15 is 0 Å². The standard InChI is InChI=1S/C13H22N2O3S/c1-11-5-6-13(18-11)10-14-7-8-19(16,17)15-9-12-3-2-4-12/h5-6,12,14-15H,2-4,7-10H2,1H3. The molecule has 0 radical (unpaired) electrons. The van der Waals surface area contributed by atoms with Gasteiger partial charge in [-0.05, 0) is 37.8 Å². The van der Waals surface area contributed by atoms with Crippen LogP contribution in [0.4, 0.5) is 0 Å². The van der Waals surface area contributed by atoms with E-state index in [4.69, 9.17) is 4.42 Å². The average Bonchev–Trinajstić information content (AvgIpc) is 2.68. The smallest absolute Gasteiger partial charge is 0.212 e. The van der Waals surface area contributed by atoms with E-state index in [0.717, 1.165) is 24.4 Å². The molecule has 1 aliphatic rings. The van der Waals surface area contributed by atoms with E-state index in [1.807, 2.05) is 19.1 Å². The van der Waals surface area contributed by atoms with Crippen LogP contribution in [-0.4, -0.2) is 27.3 Å². The van der Waals surface area contributed by atoms with Crippen molar-refractivity contribution in [2.75, 3.05) is 18.8 Å². The van der Waals surface area contributed by atoms with Gasteiger partial charge in [0.25, 0.3) is 0 Å². The fraction of sp³-hybridized carbons (Fsp3) is 0.692. The van der Waals surface area contributed by atoms with Gasteiger partial charge < -0.3 is 9.73 Å². The lowest BCUT2D eigenvalue weighted by Gasteiger charge is -2.25. The molecule has 1 fully saturated rings. The molecule has 6 heteroatoms. The molecule has 1 heterocycles. The summed E-state index contributed by atoms with van der Waals surface area (Å²) in [4.78, 5) is 0. The molecule has 2 N–H and O–H groups in total. The zero-order valence-corrected chi connectivity index (χ0v) is 12.1. The maximum atomic E-state index is 11.7. The Kier molecular flexibility index (Phi) is 5.01. The van der Waals surface area contributed by atoms with Gasteiger partial charge in [-0.25, -0.2) is 13.1 Å². The lowest BCUT2D eigenvalue weighted by molar-refractivity contribution is 0.316. The maximum Gasteiger partial charge on any atom is 0.212 e. The summed E-state index contributed by atoms with van der Waals surface area (Å²) < 4.78 is 31.5. The molecule has 0 unspecified atom stereocenters. The van der Waals surface area contributed by atoms with E-state index in [-0.39, 0.29) is 5.75 Å². The molecule has 0 atom stereocenters. The molecule has 1 aliphatic carbocycles. The minimum absolute atomic E-state index is 0.111. The summed E-state index contributed by atoms with van der Waals surface area (Å²) in [7, 11) is -3.15. The van der Waals surface area contributed by atoms with E-state index in [2.05, 4.69) is 10.0 Å². The fourth-order valence-electron chi connectivity index (χ4n) is 2.01. The predicted molar refractivity (Wildman–Crippen MR) is 74.3 cm³/mol. The lowest BCUT2D eigenvalue weighted by Crippen LogP contribution is -2.36. The van der Waals surface area contributed by atoms with Crippen LogP contribution in [0, 0.1) is 12.8 Å². The van der Waals surface area contributed by atoms with Gasteiger partial charge in [0.2, 0.25) is 10.0 Å². The minimum atomic E-state index is -3.15. The maximum absolute atomic E-state index is 11.7. The van der Waals surface area contributed by atoms with Crippen molar-refractivity contribution < 1.29 is 12.8 Å². The van der Waals surface area contributed by atoms with Crippen LogP contribution in [0.25, 0.3) is 0 Å². The third kappa shape index (κ3) is 4.97. The SMILES string of the molecule is Cc1ccc(CNCCS(=O)(=O)NCC2CCC2)o1. The first-order valence-corrected chi connectivity index (χ1v) is 8.44. The molecular formula is C13H22N2O3S. The zero-order chi connectivity index (χ0) is 13.7.